The fraction of sp³-hybridized carbons (Fsp3) is 0.400. The molecule has 1 aromatic rings. The summed E-state index contributed by atoms with van der Waals surface area (Å²) in [4.78, 5) is 1.22. The first-order valence-corrected chi connectivity index (χ1v) is 6.06. The molecule has 0 amide bonds. The molecule has 2 nitrogen and oxygen atoms in total. The van der Waals surface area contributed by atoms with Gasteiger partial charge in [-0.3, -0.25) is 0 Å². The van der Waals surface area contributed by atoms with Gasteiger partial charge in [0, 0.05) is 9.37 Å². The standard InChI is InChI=1S/C10H12BrNOS/c1-10(6-13-7-10)12-14-9-4-2-8(11)3-5-9/h2-5,12H,6-7H2,1H3. The maximum atomic E-state index is 5.16. The van der Waals surface area contributed by atoms with Crippen LogP contribution in [-0.2, 0) is 4.74 Å². The van der Waals surface area contributed by atoms with E-state index in [0.717, 1.165) is 17.7 Å². The summed E-state index contributed by atoms with van der Waals surface area (Å²) in [6, 6.07) is 8.27. The smallest absolute Gasteiger partial charge is 0.0724 e. The molecule has 0 saturated carbocycles. The van der Waals surface area contributed by atoms with Crippen molar-refractivity contribution in [2.45, 2.75) is 17.4 Å². The third kappa shape index (κ3) is 2.51. The molecular weight excluding hydrogens is 262 g/mol. The van der Waals surface area contributed by atoms with Crippen molar-refractivity contribution >= 4 is 27.9 Å². The number of hydrogen-bond donors (Lipinski definition) is 1. The Hall–Kier alpha value is -0.0300. The molecule has 0 spiro atoms. The van der Waals surface area contributed by atoms with Gasteiger partial charge in [0.1, 0.15) is 0 Å². The molecule has 0 aromatic heterocycles. The lowest BCUT2D eigenvalue weighted by Crippen LogP contribution is -2.55. The topological polar surface area (TPSA) is 21.3 Å². The highest BCUT2D eigenvalue weighted by atomic mass is 79.9. The number of rotatable bonds is 3. The monoisotopic (exact) mass is 273 g/mol. The summed E-state index contributed by atoms with van der Waals surface area (Å²) >= 11 is 5.07. The van der Waals surface area contributed by atoms with Crippen molar-refractivity contribution in [1.82, 2.24) is 4.72 Å². The normalized spacial score (nSPS) is 19.0. The van der Waals surface area contributed by atoms with E-state index in [1.165, 1.54) is 4.90 Å². The molecule has 0 bridgehead atoms. The van der Waals surface area contributed by atoms with Gasteiger partial charge in [0.25, 0.3) is 0 Å². The maximum Gasteiger partial charge on any atom is 0.0724 e. The van der Waals surface area contributed by atoms with Gasteiger partial charge in [0.15, 0.2) is 0 Å². The Labute approximate surface area is 96.7 Å². The van der Waals surface area contributed by atoms with Crippen molar-refractivity contribution in [1.29, 1.82) is 0 Å². The van der Waals surface area contributed by atoms with Crippen molar-refractivity contribution in [2.24, 2.45) is 0 Å². The van der Waals surface area contributed by atoms with Crippen LogP contribution in [0.15, 0.2) is 33.6 Å². The van der Waals surface area contributed by atoms with E-state index >= 15 is 0 Å². The predicted molar refractivity (Wildman–Crippen MR) is 62.4 cm³/mol. The van der Waals surface area contributed by atoms with Crippen LogP contribution in [0.4, 0.5) is 0 Å². The highest BCUT2D eigenvalue weighted by Gasteiger charge is 2.32. The lowest BCUT2D eigenvalue weighted by molar-refractivity contribution is -0.0510. The summed E-state index contributed by atoms with van der Waals surface area (Å²) in [5, 5.41) is 0. The Balaban J connectivity index is 1.88. The van der Waals surface area contributed by atoms with Crippen LogP contribution in [-0.4, -0.2) is 18.8 Å². The van der Waals surface area contributed by atoms with Crippen LogP contribution in [0, 0.1) is 0 Å². The zero-order chi connectivity index (χ0) is 10.0. The third-order valence-electron chi connectivity index (χ3n) is 2.07. The molecule has 0 aliphatic carbocycles. The minimum absolute atomic E-state index is 0.151. The Morgan fingerprint density at radius 3 is 2.50 bits per heavy atom. The molecule has 4 heteroatoms. The average Bonchev–Trinajstić information content (AvgIpc) is 2.14. The van der Waals surface area contributed by atoms with E-state index in [4.69, 9.17) is 4.74 Å². The van der Waals surface area contributed by atoms with Crippen LogP contribution in [0.3, 0.4) is 0 Å². The second-order valence-corrected chi connectivity index (χ2v) is 5.51. The first-order chi connectivity index (χ1) is 6.68. The van der Waals surface area contributed by atoms with E-state index < -0.39 is 0 Å². The van der Waals surface area contributed by atoms with Crippen LogP contribution in [0.1, 0.15) is 6.92 Å². The largest absolute Gasteiger partial charge is 0.377 e. The van der Waals surface area contributed by atoms with Crippen LogP contribution in [0.2, 0.25) is 0 Å². The summed E-state index contributed by atoms with van der Waals surface area (Å²) in [6.45, 7) is 3.77. The molecule has 14 heavy (non-hydrogen) atoms. The fourth-order valence-corrected chi connectivity index (χ4v) is 2.17. The van der Waals surface area contributed by atoms with E-state index in [1.807, 2.05) is 12.1 Å². The zero-order valence-corrected chi connectivity index (χ0v) is 10.3. The van der Waals surface area contributed by atoms with E-state index in [0.29, 0.717) is 0 Å². The molecule has 1 aliphatic rings. The summed E-state index contributed by atoms with van der Waals surface area (Å²) in [5.41, 5.74) is 0.151. The van der Waals surface area contributed by atoms with Crippen molar-refractivity contribution in [3.05, 3.63) is 28.7 Å². The first-order valence-electron chi connectivity index (χ1n) is 4.45. The summed E-state index contributed by atoms with van der Waals surface area (Å²) < 4.78 is 9.68. The van der Waals surface area contributed by atoms with Crippen LogP contribution < -0.4 is 4.72 Å². The highest BCUT2D eigenvalue weighted by Crippen LogP contribution is 2.24. The van der Waals surface area contributed by atoms with Crippen molar-refractivity contribution in [3.8, 4) is 0 Å². The molecule has 0 radical (unpaired) electrons. The quantitative estimate of drug-likeness (QED) is 0.856. The number of benzene rings is 1. The van der Waals surface area contributed by atoms with Crippen LogP contribution in [0.5, 0.6) is 0 Å². The van der Waals surface area contributed by atoms with E-state index in [1.54, 1.807) is 11.9 Å². The van der Waals surface area contributed by atoms with Gasteiger partial charge in [-0.1, -0.05) is 15.9 Å². The van der Waals surface area contributed by atoms with Gasteiger partial charge in [-0.05, 0) is 43.1 Å². The first kappa shape index (κ1) is 10.5. The molecule has 1 saturated heterocycles. The second-order valence-electron chi connectivity index (χ2n) is 3.71. The molecular formula is C10H12BrNOS. The molecule has 1 fully saturated rings. The minimum Gasteiger partial charge on any atom is -0.377 e. The summed E-state index contributed by atoms with van der Waals surface area (Å²) in [7, 11) is 0. The molecule has 1 aromatic carbocycles. The number of halogens is 1. The van der Waals surface area contributed by atoms with Gasteiger partial charge in [0.05, 0.1) is 18.8 Å². The Morgan fingerprint density at radius 1 is 1.36 bits per heavy atom. The summed E-state index contributed by atoms with van der Waals surface area (Å²) in [5.74, 6) is 0. The van der Waals surface area contributed by atoms with Gasteiger partial charge in [0.2, 0.25) is 0 Å². The molecule has 0 unspecified atom stereocenters. The third-order valence-corrected chi connectivity index (χ3v) is 3.70. The van der Waals surface area contributed by atoms with E-state index in [2.05, 4.69) is 39.7 Å². The molecule has 1 aliphatic heterocycles. The van der Waals surface area contributed by atoms with Crippen molar-refractivity contribution < 1.29 is 4.74 Å². The lowest BCUT2D eigenvalue weighted by atomic mass is 10.0. The van der Waals surface area contributed by atoms with E-state index in [9.17, 15) is 0 Å². The SMILES string of the molecule is CC1(NSc2ccc(Br)cc2)COC1. The van der Waals surface area contributed by atoms with Crippen molar-refractivity contribution in [3.63, 3.8) is 0 Å². The minimum atomic E-state index is 0.151. The number of nitrogens with one attached hydrogen (secondary N) is 1. The Bertz CT molecular complexity index is 310. The fourth-order valence-electron chi connectivity index (χ4n) is 1.15. The van der Waals surface area contributed by atoms with Gasteiger partial charge in [-0.15, -0.1) is 0 Å². The van der Waals surface area contributed by atoms with Crippen LogP contribution in [0.25, 0.3) is 0 Å². The Kier molecular flexibility index (Phi) is 3.17. The number of ether oxygens (including phenoxy) is 1. The van der Waals surface area contributed by atoms with E-state index in [-0.39, 0.29) is 5.54 Å². The van der Waals surface area contributed by atoms with Gasteiger partial charge in [-0.2, -0.15) is 0 Å². The predicted octanol–water partition coefficient (Wildman–Crippen LogP) is 2.83. The second kappa shape index (κ2) is 4.23. The molecule has 76 valence electrons. The van der Waals surface area contributed by atoms with Gasteiger partial charge >= 0.3 is 0 Å². The lowest BCUT2D eigenvalue weighted by Gasteiger charge is -2.38. The molecule has 1 heterocycles. The van der Waals surface area contributed by atoms with Crippen molar-refractivity contribution in [2.75, 3.05) is 13.2 Å². The number of hydrogen-bond acceptors (Lipinski definition) is 3. The maximum absolute atomic E-state index is 5.16. The van der Waals surface area contributed by atoms with Gasteiger partial charge < -0.3 is 4.74 Å². The Morgan fingerprint density at radius 2 is 2.00 bits per heavy atom. The summed E-state index contributed by atoms with van der Waals surface area (Å²) in [6.07, 6.45) is 0. The van der Waals surface area contributed by atoms with Gasteiger partial charge in [-0.25, -0.2) is 4.72 Å². The van der Waals surface area contributed by atoms with Crippen LogP contribution >= 0.6 is 27.9 Å². The molecule has 2 rings (SSSR count). The molecule has 1 N–H and O–H groups in total. The molecule has 0 atom stereocenters. The highest BCUT2D eigenvalue weighted by molar-refractivity contribution is 9.10. The average molecular weight is 274 g/mol. The zero-order valence-electron chi connectivity index (χ0n) is 7.92.